The van der Waals surface area contributed by atoms with Crippen molar-refractivity contribution < 1.29 is 4.79 Å². The van der Waals surface area contributed by atoms with E-state index in [1.807, 2.05) is 31.2 Å². The van der Waals surface area contributed by atoms with Crippen LogP contribution in [0.25, 0.3) is 11.4 Å². The van der Waals surface area contributed by atoms with E-state index in [-0.39, 0.29) is 5.91 Å². The summed E-state index contributed by atoms with van der Waals surface area (Å²) in [6, 6.07) is 7.82. The van der Waals surface area contributed by atoms with Gasteiger partial charge in [-0.3, -0.25) is 4.79 Å². The zero-order valence-electron chi connectivity index (χ0n) is 12.3. The highest BCUT2D eigenvalue weighted by Crippen LogP contribution is 2.23. The number of hydrogen-bond donors (Lipinski definition) is 1. The number of amides is 1. The van der Waals surface area contributed by atoms with Crippen LogP contribution in [0.5, 0.6) is 0 Å². The summed E-state index contributed by atoms with van der Waals surface area (Å²) < 4.78 is 2.23. The largest absolute Gasteiger partial charge is 0.326 e. The van der Waals surface area contributed by atoms with Gasteiger partial charge < -0.3 is 9.88 Å². The fraction of sp³-hybridized carbons (Fsp3) is 0.438. The molecule has 1 aromatic carbocycles. The van der Waals surface area contributed by atoms with Crippen molar-refractivity contribution in [2.45, 2.75) is 45.6 Å². The summed E-state index contributed by atoms with van der Waals surface area (Å²) in [7, 11) is 0. The molecule has 3 rings (SSSR count). The van der Waals surface area contributed by atoms with Crippen LogP contribution in [-0.4, -0.2) is 20.7 Å². The maximum Gasteiger partial charge on any atom is 0.224 e. The molecule has 0 saturated carbocycles. The number of rotatable bonds is 3. The van der Waals surface area contributed by atoms with Crippen LogP contribution < -0.4 is 5.32 Å². The van der Waals surface area contributed by atoms with Crippen molar-refractivity contribution in [3.8, 4) is 11.4 Å². The zero-order chi connectivity index (χ0) is 14.7. The average Bonchev–Trinajstić information content (AvgIpc) is 2.76. The first-order valence-corrected chi connectivity index (χ1v) is 7.60. The number of nitrogens with one attached hydrogen (secondary N) is 1. The number of benzene rings is 1. The van der Waals surface area contributed by atoms with E-state index in [9.17, 15) is 4.79 Å². The van der Waals surface area contributed by atoms with E-state index < -0.39 is 0 Å². The summed E-state index contributed by atoms with van der Waals surface area (Å²) in [5.41, 5.74) is 1.87. The molecule has 1 aliphatic heterocycles. The Morgan fingerprint density at radius 1 is 1.19 bits per heavy atom. The molecule has 0 saturated heterocycles. The molecule has 2 heterocycles. The molecule has 0 aliphatic carbocycles. The lowest BCUT2D eigenvalue weighted by Gasteiger charge is -2.08. The van der Waals surface area contributed by atoms with Gasteiger partial charge >= 0.3 is 0 Å². The molecule has 0 spiro atoms. The third-order valence-corrected chi connectivity index (χ3v) is 3.86. The van der Waals surface area contributed by atoms with Gasteiger partial charge in [0.2, 0.25) is 5.91 Å². The highest BCUT2D eigenvalue weighted by atomic mass is 16.1. The van der Waals surface area contributed by atoms with Gasteiger partial charge in [0.15, 0.2) is 5.82 Å². The van der Waals surface area contributed by atoms with E-state index in [4.69, 9.17) is 0 Å². The number of anilines is 1. The van der Waals surface area contributed by atoms with Gasteiger partial charge in [0.05, 0.1) is 0 Å². The van der Waals surface area contributed by atoms with Gasteiger partial charge in [0.25, 0.3) is 0 Å². The normalized spacial score (nSPS) is 14.3. The smallest absolute Gasteiger partial charge is 0.224 e. The molecule has 5 heteroatoms. The van der Waals surface area contributed by atoms with Crippen molar-refractivity contribution in [3.63, 3.8) is 0 Å². The highest BCUT2D eigenvalue weighted by Gasteiger charge is 2.15. The quantitative estimate of drug-likeness (QED) is 0.942. The van der Waals surface area contributed by atoms with Crippen molar-refractivity contribution in [1.29, 1.82) is 0 Å². The Hall–Kier alpha value is -2.17. The van der Waals surface area contributed by atoms with Crippen LogP contribution in [-0.2, 0) is 17.8 Å². The minimum atomic E-state index is 0.0269. The molecule has 0 bridgehead atoms. The summed E-state index contributed by atoms with van der Waals surface area (Å²) in [6.45, 7) is 2.83. The van der Waals surface area contributed by atoms with E-state index in [0.717, 1.165) is 35.9 Å². The Balaban J connectivity index is 1.84. The van der Waals surface area contributed by atoms with Gasteiger partial charge in [-0.1, -0.05) is 13.3 Å². The second-order valence-electron chi connectivity index (χ2n) is 5.38. The molecule has 5 nitrogen and oxygen atoms in total. The number of fused-ring (bicyclic) bond motifs is 1. The summed E-state index contributed by atoms with van der Waals surface area (Å²) in [5, 5.41) is 11.5. The molecule has 110 valence electrons. The minimum Gasteiger partial charge on any atom is -0.326 e. The first-order chi connectivity index (χ1) is 10.3. The van der Waals surface area contributed by atoms with Crippen LogP contribution in [0.2, 0.25) is 0 Å². The third kappa shape index (κ3) is 2.96. The van der Waals surface area contributed by atoms with Gasteiger partial charge in [-0.25, -0.2) is 0 Å². The van der Waals surface area contributed by atoms with E-state index >= 15 is 0 Å². The fourth-order valence-electron chi connectivity index (χ4n) is 2.65. The van der Waals surface area contributed by atoms with E-state index in [0.29, 0.717) is 6.42 Å². The molecule has 21 heavy (non-hydrogen) atoms. The van der Waals surface area contributed by atoms with Crippen LogP contribution in [0.3, 0.4) is 0 Å². The molecular weight excluding hydrogens is 264 g/mol. The summed E-state index contributed by atoms with van der Waals surface area (Å²) in [6.07, 6.45) is 5.13. The Morgan fingerprint density at radius 2 is 2.00 bits per heavy atom. The molecule has 1 N–H and O–H groups in total. The van der Waals surface area contributed by atoms with Crippen LogP contribution in [0, 0.1) is 0 Å². The first-order valence-electron chi connectivity index (χ1n) is 7.60. The highest BCUT2D eigenvalue weighted by molar-refractivity contribution is 5.90. The number of nitrogens with zero attached hydrogens (tertiary/aromatic N) is 3. The van der Waals surface area contributed by atoms with Gasteiger partial charge in [-0.05, 0) is 37.1 Å². The molecule has 1 aromatic heterocycles. The maximum atomic E-state index is 11.4. The molecular formula is C16H20N4O. The van der Waals surface area contributed by atoms with Gasteiger partial charge in [0.1, 0.15) is 5.82 Å². The predicted octanol–water partition coefficient (Wildman–Crippen LogP) is 3.02. The van der Waals surface area contributed by atoms with Crippen molar-refractivity contribution in [2.75, 3.05) is 5.32 Å². The average molecular weight is 284 g/mol. The second-order valence-corrected chi connectivity index (χ2v) is 5.38. The van der Waals surface area contributed by atoms with Gasteiger partial charge in [-0.2, -0.15) is 0 Å². The number of aromatic nitrogens is 3. The number of aryl methyl sites for hydroxylation is 1. The van der Waals surface area contributed by atoms with Crippen LogP contribution >= 0.6 is 0 Å². The van der Waals surface area contributed by atoms with Gasteiger partial charge in [0, 0.05) is 30.6 Å². The molecule has 0 radical (unpaired) electrons. The standard InChI is InChI=1S/C16H20N4O/c1-2-15(21)17-13-9-7-12(8-10-13)16-19-18-14-6-4-3-5-11-20(14)16/h7-10H,2-6,11H2,1H3,(H,17,21). The van der Waals surface area contributed by atoms with E-state index in [1.165, 1.54) is 19.3 Å². The summed E-state index contributed by atoms with van der Waals surface area (Å²) >= 11 is 0. The Kier molecular flexibility index (Phi) is 3.99. The van der Waals surface area contributed by atoms with Crippen molar-refractivity contribution in [1.82, 2.24) is 14.8 Å². The Bertz CT molecular complexity index is 630. The number of carbonyl (C=O) groups excluding carboxylic acids is 1. The van der Waals surface area contributed by atoms with E-state index in [2.05, 4.69) is 20.1 Å². The maximum absolute atomic E-state index is 11.4. The van der Waals surface area contributed by atoms with Crippen LogP contribution in [0.4, 0.5) is 5.69 Å². The third-order valence-electron chi connectivity index (χ3n) is 3.86. The van der Waals surface area contributed by atoms with Crippen molar-refractivity contribution >= 4 is 11.6 Å². The predicted molar refractivity (Wildman–Crippen MR) is 81.9 cm³/mol. The molecule has 1 amide bonds. The topological polar surface area (TPSA) is 59.8 Å². The van der Waals surface area contributed by atoms with Gasteiger partial charge in [-0.15, -0.1) is 10.2 Å². The minimum absolute atomic E-state index is 0.0269. The van der Waals surface area contributed by atoms with Crippen LogP contribution in [0.15, 0.2) is 24.3 Å². The molecule has 0 atom stereocenters. The lowest BCUT2D eigenvalue weighted by molar-refractivity contribution is -0.115. The lowest BCUT2D eigenvalue weighted by Crippen LogP contribution is -2.09. The van der Waals surface area contributed by atoms with E-state index in [1.54, 1.807) is 0 Å². The number of hydrogen-bond acceptors (Lipinski definition) is 3. The monoisotopic (exact) mass is 284 g/mol. The first kappa shape index (κ1) is 13.8. The lowest BCUT2D eigenvalue weighted by atomic mass is 10.2. The molecule has 1 aliphatic rings. The Labute approximate surface area is 124 Å². The van der Waals surface area contributed by atoms with Crippen LogP contribution in [0.1, 0.15) is 38.4 Å². The van der Waals surface area contributed by atoms with Crippen molar-refractivity contribution in [3.05, 3.63) is 30.1 Å². The summed E-state index contributed by atoms with van der Waals surface area (Å²) in [5.74, 6) is 2.05. The fourth-order valence-corrected chi connectivity index (χ4v) is 2.65. The zero-order valence-corrected chi connectivity index (χ0v) is 12.3. The summed E-state index contributed by atoms with van der Waals surface area (Å²) in [4.78, 5) is 11.4. The molecule has 0 fully saturated rings. The van der Waals surface area contributed by atoms with Crippen molar-refractivity contribution in [2.24, 2.45) is 0 Å². The SMILES string of the molecule is CCC(=O)Nc1ccc(-c2nnc3n2CCCCC3)cc1. The second kappa shape index (κ2) is 6.08. The molecule has 2 aromatic rings. The molecule has 0 unspecified atom stereocenters. The Morgan fingerprint density at radius 3 is 2.76 bits per heavy atom. The number of carbonyl (C=O) groups is 1.